The van der Waals surface area contributed by atoms with Crippen molar-refractivity contribution in [2.75, 3.05) is 6.61 Å². The zero-order valence-electron chi connectivity index (χ0n) is 10.8. The molecular weight excluding hydrogens is 230 g/mol. The molecule has 0 spiro atoms. The van der Waals surface area contributed by atoms with E-state index in [1.165, 1.54) is 6.08 Å². The zero-order chi connectivity index (χ0) is 13.6. The number of ether oxygens (including phenoxy) is 1. The highest BCUT2D eigenvalue weighted by Gasteiger charge is 2.24. The maximum Gasteiger partial charge on any atom is 0.311 e. The van der Waals surface area contributed by atoms with Crippen LogP contribution in [0.15, 0.2) is 35.3 Å². The minimum absolute atomic E-state index is 0.0509. The van der Waals surface area contributed by atoms with Crippen molar-refractivity contribution < 1.29 is 14.3 Å². The number of hydrogen-bond acceptors (Lipinski definition) is 4. The van der Waals surface area contributed by atoms with Gasteiger partial charge in [0.2, 0.25) is 6.08 Å². The van der Waals surface area contributed by atoms with E-state index in [4.69, 9.17) is 4.74 Å². The van der Waals surface area contributed by atoms with E-state index < -0.39 is 11.5 Å². The molecular formula is C14H17NO3. The highest BCUT2D eigenvalue weighted by atomic mass is 16.5. The first-order valence-corrected chi connectivity index (χ1v) is 5.74. The first kappa shape index (κ1) is 14.1. The monoisotopic (exact) mass is 247 g/mol. The molecule has 0 amide bonds. The molecule has 1 rings (SSSR count). The Kier molecular flexibility index (Phi) is 4.81. The summed E-state index contributed by atoms with van der Waals surface area (Å²) in [6.07, 6.45) is 1.51. The molecule has 0 heterocycles. The molecule has 4 nitrogen and oxygen atoms in total. The van der Waals surface area contributed by atoms with Crippen molar-refractivity contribution in [3.63, 3.8) is 0 Å². The number of carbonyl (C=O) groups excluding carboxylic acids is 2. The number of nitrogens with zero attached hydrogens (tertiary/aromatic N) is 1. The van der Waals surface area contributed by atoms with E-state index in [1.807, 2.05) is 30.3 Å². The summed E-state index contributed by atoms with van der Waals surface area (Å²) in [5, 5.41) is 0. The van der Waals surface area contributed by atoms with Crippen LogP contribution in [0, 0.1) is 5.41 Å². The van der Waals surface area contributed by atoms with Gasteiger partial charge in [-0.05, 0) is 26.3 Å². The summed E-state index contributed by atoms with van der Waals surface area (Å²) in [6, 6.07) is 8.72. The SMILES string of the molecule is CC(C)(C)C(=O)OCC(N=C=O)c1ccccc1. The molecule has 0 N–H and O–H groups in total. The maximum atomic E-state index is 11.6. The van der Waals surface area contributed by atoms with E-state index in [1.54, 1.807) is 20.8 Å². The van der Waals surface area contributed by atoms with Crippen LogP contribution in [0.3, 0.4) is 0 Å². The summed E-state index contributed by atoms with van der Waals surface area (Å²) in [5.74, 6) is -0.315. The molecule has 0 aliphatic carbocycles. The second kappa shape index (κ2) is 6.12. The number of isocyanates is 1. The molecule has 0 aromatic heterocycles. The summed E-state index contributed by atoms with van der Waals surface area (Å²) >= 11 is 0. The molecule has 1 atom stereocenters. The van der Waals surface area contributed by atoms with E-state index in [2.05, 4.69) is 4.99 Å². The van der Waals surface area contributed by atoms with Crippen LogP contribution in [0.1, 0.15) is 32.4 Å². The van der Waals surface area contributed by atoms with Crippen LogP contribution in [0.2, 0.25) is 0 Å². The summed E-state index contributed by atoms with van der Waals surface area (Å²) < 4.78 is 5.16. The molecule has 4 heteroatoms. The van der Waals surface area contributed by atoms with Crippen LogP contribution < -0.4 is 0 Å². The highest BCUT2D eigenvalue weighted by molar-refractivity contribution is 5.75. The van der Waals surface area contributed by atoms with Gasteiger partial charge in [0.25, 0.3) is 0 Å². The number of esters is 1. The Bertz CT molecular complexity index is 442. The van der Waals surface area contributed by atoms with Gasteiger partial charge < -0.3 is 4.74 Å². The van der Waals surface area contributed by atoms with Gasteiger partial charge in [-0.1, -0.05) is 30.3 Å². The molecule has 0 aliphatic rings. The summed E-state index contributed by atoms with van der Waals surface area (Å²) in [7, 11) is 0. The number of aliphatic imine (C=N–C) groups is 1. The lowest BCUT2D eigenvalue weighted by molar-refractivity contribution is -0.153. The van der Waals surface area contributed by atoms with Gasteiger partial charge in [0.1, 0.15) is 12.6 Å². The Balaban J connectivity index is 2.72. The standard InChI is InChI=1S/C14H17NO3/c1-14(2,3)13(17)18-9-12(15-10-16)11-7-5-4-6-8-11/h4-8,12H,9H2,1-3H3. The molecule has 0 radical (unpaired) electrons. The Morgan fingerprint density at radius 1 is 1.33 bits per heavy atom. The third kappa shape index (κ3) is 4.15. The fourth-order valence-electron chi connectivity index (χ4n) is 1.32. The van der Waals surface area contributed by atoms with Crippen molar-refractivity contribution in [1.82, 2.24) is 0 Å². The number of carbonyl (C=O) groups is 1. The lowest BCUT2D eigenvalue weighted by Gasteiger charge is -2.18. The van der Waals surface area contributed by atoms with Crippen molar-refractivity contribution in [3.8, 4) is 0 Å². The first-order valence-electron chi connectivity index (χ1n) is 5.74. The normalized spacial score (nSPS) is 12.4. The van der Waals surface area contributed by atoms with Gasteiger partial charge in [-0.3, -0.25) is 4.79 Å². The average molecular weight is 247 g/mol. The van der Waals surface area contributed by atoms with Crippen molar-refractivity contribution in [1.29, 1.82) is 0 Å². The van der Waals surface area contributed by atoms with Crippen molar-refractivity contribution >= 4 is 12.0 Å². The molecule has 0 fully saturated rings. The topological polar surface area (TPSA) is 55.7 Å². The fraction of sp³-hybridized carbons (Fsp3) is 0.429. The predicted octanol–water partition coefficient (Wildman–Crippen LogP) is 2.65. The van der Waals surface area contributed by atoms with E-state index in [0.29, 0.717) is 0 Å². The quantitative estimate of drug-likeness (QED) is 0.467. The van der Waals surface area contributed by atoms with Crippen LogP contribution in [0.5, 0.6) is 0 Å². The molecule has 1 unspecified atom stereocenters. The Morgan fingerprint density at radius 2 is 1.94 bits per heavy atom. The average Bonchev–Trinajstić information content (AvgIpc) is 2.34. The van der Waals surface area contributed by atoms with Crippen LogP contribution in [-0.2, 0) is 14.3 Å². The third-order valence-electron chi connectivity index (χ3n) is 2.38. The summed E-state index contributed by atoms with van der Waals surface area (Å²) in [5.41, 5.74) is 0.258. The molecule has 0 saturated heterocycles. The predicted molar refractivity (Wildman–Crippen MR) is 67.7 cm³/mol. The van der Waals surface area contributed by atoms with E-state index in [0.717, 1.165) is 5.56 Å². The van der Waals surface area contributed by atoms with Gasteiger partial charge in [-0.2, -0.15) is 4.99 Å². The molecule has 0 aliphatic heterocycles. The van der Waals surface area contributed by atoms with E-state index in [-0.39, 0.29) is 12.6 Å². The minimum atomic E-state index is -0.563. The molecule has 0 bridgehead atoms. The zero-order valence-corrected chi connectivity index (χ0v) is 10.8. The second-order valence-electron chi connectivity index (χ2n) is 5.00. The smallest absolute Gasteiger partial charge is 0.311 e. The first-order chi connectivity index (χ1) is 8.45. The molecule has 1 aromatic carbocycles. The largest absolute Gasteiger partial charge is 0.463 e. The second-order valence-corrected chi connectivity index (χ2v) is 5.00. The van der Waals surface area contributed by atoms with Crippen molar-refractivity contribution in [2.45, 2.75) is 26.8 Å². The molecule has 18 heavy (non-hydrogen) atoms. The fourth-order valence-corrected chi connectivity index (χ4v) is 1.32. The minimum Gasteiger partial charge on any atom is -0.463 e. The van der Waals surface area contributed by atoms with E-state index >= 15 is 0 Å². The Morgan fingerprint density at radius 3 is 2.44 bits per heavy atom. The van der Waals surface area contributed by atoms with Gasteiger partial charge in [0.15, 0.2) is 0 Å². The van der Waals surface area contributed by atoms with Gasteiger partial charge in [-0.15, -0.1) is 0 Å². The lowest BCUT2D eigenvalue weighted by atomic mass is 9.97. The number of rotatable bonds is 4. The summed E-state index contributed by atoms with van der Waals surface area (Å²) in [4.78, 5) is 25.7. The van der Waals surface area contributed by atoms with E-state index in [9.17, 15) is 9.59 Å². The molecule has 0 saturated carbocycles. The maximum absolute atomic E-state index is 11.6. The molecule has 1 aromatic rings. The van der Waals surface area contributed by atoms with Crippen molar-refractivity contribution in [2.24, 2.45) is 10.4 Å². The Hall–Kier alpha value is -1.93. The number of benzene rings is 1. The van der Waals surface area contributed by atoms with Gasteiger partial charge >= 0.3 is 5.97 Å². The van der Waals surface area contributed by atoms with Crippen LogP contribution in [0.25, 0.3) is 0 Å². The molecule has 96 valence electrons. The van der Waals surface area contributed by atoms with Gasteiger partial charge in [0, 0.05) is 0 Å². The Labute approximate surface area is 107 Å². The highest BCUT2D eigenvalue weighted by Crippen LogP contribution is 2.20. The third-order valence-corrected chi connectivity index (χ3v) is 2.38. The van der Waals surface area contributed by atoms with Crippen LogP contribution in [0.4, 0.5) is 0 Å². The van der Waals surface area contributed by atoms with Gasteiger partial charge in [-0.25, -0.2) is 4.79 Å². The van der Waals surface area contributed by atoms with Crippen LogP contribution >= 0.6 is 0 Å². The lowest BCUT2D eigenvalue weighted by Crippen LogP contribution is -2.24. The number of hydrogen-bond donors (Lipinski definition) is 0. The summed E-state index contributed by atoms with van der Waals surface area (Å²) in [6.45, 7) is 5.37. The van der Waals surface area contributed by atoms with Crippen LogP contribution in [-0.4, -0.2) is 18.7 Å². The van der Waals surface area contributed by atoms with Gasteiger partial charge in [0.05, 0.1) is 5.41 Å². The van der Waals surface area contributed by atoms with Crippen molar-refractivity contribution in [3.05, 3.63) is 35.9 Å².